The summed E-state index contributed by atoms with van der Waals surface area (Å²) in [4.78, 5) is 17.5. The van der Waals surface area contributed by atoms with E-state index in [1.54, 1.807) is 30.6 Å². The number of fused-ring (bicyclic) bond motifs is 1. The molecule has 0 amide bonds. The van der Waals surface area contributed by atoms with Gasteiger partial charge in [-0.1, -0.05) is 60.2 Å². The average Bonchev–Trinajstić information content (AvgIpc) is 2.74. The van der Waals surface area contributed by atoms with Gasteiger partial charge in [0.2, 0.25) is 0 Å². The Kier molecular flexibility index (Phi) is 5.34. The molecule has 3 nitrogen and oxygen atoms in total. The van der Waals surface area contributed by atoms with Crippen LogP contribution >= 0.6 is 0 Å². The fraction of sp³-hybridized carbons (Fsp3) is 0.120. The number of nitrogens with zero attached hydrogens (tertiary/aromatic N) is 1. The van der Waals surface area contributed by atoms with Crippen molar-refractivity contribution >= 4 is 22.2 Å². The Hall–Kier alpha value is -3.53. The molecule has 1 atom stereocenters. The van der Waals surface area contributed by atoms with Gasteiger partial charge in [-0.05, 0) is 41.6 Å². The summed E-state index contributed by atoms with van der Waals surface area (Å²) >= 11 is 0. The van der Waals surface area contributed by atoms with Gasteiger partial charge in [0, 0.05) is 24.2 Å². The highest BCUT2D eigenvalue weighted by molar-refractivity contribution is 5.94. The van der Waals surface area contributed by atoms with Crippen molar-refractivity contribution < 1.29 is 9.18 Å². The summed E-state index contributed by atoms with van der Waals surface area (Å²) in [7, 11) is 0. The Morgan fingerprint density at radius 1 is 1.00 bits per heavy atom. The van der Waals surface area contributed by atoms with Crippen LogP contribution in [-0.2, 0) is 11.2 Å². The predicted molar refractivity (Wildman–Crippen MR) is 114 cm³/mol. The molecule has 1 unspecified atom stereocenters. The van der Waals surface area contributed by atoms with Crippen LogP contribution < -0.4 is 5.32 Å². The summed E-state index contributed by atoms with van der Waals surface area (Å²) in [5, 5.41) is 5.11. The summed E-state index contributed by atoms with van der Waals surface area (Å²) in [6.45, 7) is 2.00. The number of anilines is 1. The van der Waals surface area contributed by atoms with Crippen LogP contribution in [-0.4, -0.2) is 10.8 Å². The highest BCUT2D eigenvalue weighted by Gasteiger charge is 2.22. The minimum Gasteiger partial charge on any atom is -0.369 e. The van der Waals surface area contributed by atoms with Crippen LogP contribution in [0.1, 0.15) is 22.7 Å². The number of benzene rings is 3. The van der Waals surface area contributed by atoms with E-state index >= 15 is 0 Å². The van der Waals surface area contributed by atoms with Gasteiger partial charge >= 0.3 is 0 Å². The molecule has 0 bridgehead atoms. The summed E-state index contributed by atoms with van der Waals surface area (Å²) in [5.74, 6) is -0.407. The molecule has 0 fully saturated rings. The molecule has 29 heavy (non-hydrogen) atoms. The van der Waals surface area contributed by atoms with E-state index in [1.807, 2.05) is 55.5 Å². The molecular formula is C25H21FN2O. The number of aryl methyl sites for hydroxylation is 1. The van der Waals surface area contributed by atoms with Crippen molar-refractivity contribution in [2.45, 2.75) is 19.4 Å². The maximum absolute atomic E-state index is 14.2. The van der Waals surface area contributed by atoms with Crippen LogP contribution in [0.3, 0.4) is 0 Å². The smallest absolute Gasteiger partial charge is 0.163 e. The largest absolute Gasteiger partial charge is 0.369 e. The number of carbonyl (C=O) groups is 1. The van der Waals surface area contributed by atoms with Gasteiger partial charge in [-0.25, -0.2) is 4.39 Å². The van der Waals surface area contributed by atoms with Gasteiger partial charge < -0.3 is 5.32 Å². The Balaban J connectivity index is 1.69. The van der Waals surface area contributed by atoms with Crippen LogP contribution in [0.15, 0.2) is 85.2 Å². The fourth-order valence-corrected chi connectivity index (χ4v) is 3.48. The Morgan fingerprint density at radius 2 is 1.79 bits per heavy atom. The zero-order valence-electron chi connectivity index (χ0n) is 16.1. The van der Waals surface area contributed by atoms with Crippen molar-refractivity contribution in [1.29, 1.82) is 0 Å². The minimum atomic E-state index is -0.649. The van der Waals surface area contributed by atoms with Crippen molar-refractivity contribution in [3.05, 3.63) is 108 Å². The molecule has 0 aliphatic heterocycles. The second kappa shape index (κ2) is 8.23. The van der Waals surface area contributed by atoms with Gasteiger partial charge in [0.25, 0.3) is 0 Å². The number of halogens is 1. The number of nitrogens with one attached hydrogen (secondary N) is 1. The number of carbonyl (C=O) groups excluding carboxylic acids is 1. The average molecular weight is 384 g/mol. The maximum Gasteiger partial charge on any atom is 0.163 e. The number of ketones is 1. The molecule has 0 saturated heterocycles. The molecule has 144 valence electrons. The molecule has 0 aliphatic carbocycles. The van der Waals surface area contributed by atoms with Crippen LogP contribution in [0.5, 0.6) is 0 Å². The highest BCUT2D eigenvalue weighted by Crippen LogP contribution is 2.26. The molecule has 0 radical (unpaired) electrons. The zero-order valence-corrected chi connectivity index (χ0v) is 16.1. The van der Waals surface area contributed by atoms with Crippen molar-refractivity contribution in [3.8, 4) is 0 Å². The third kappa shape index (κ3) is 4.16. The third-order valence-corrected chi connectivity index (χ3v) is 5.04. The molecule has 0 spiro atoms. The Morgan fingerprint density at radius 3 is 2.59 bits per heavy atom. The molecule has 0 saturated carbocycles. The van der Waals surface area contributed by atoms with Crippen LogP contribution in [0.2, 0.25) is 0 Å². The Labute approximate surface area is 169 Å². The summed E-state index contributed by atoms with van der Waals surface area (Å²) < 4.78 is 14.2. The molecular weight excluding hydrogens is 363 g/mol. The summed E-state index contributed by atoms with van der Waals surface area (Å²) in [6.07, 6.45) is 3.76. The number of hydrogen-bond acceptors (Lipinski definition) is 3. The monoisotopic (exact) mass is 384 g/mol. The SMILES string of the molecule is Cc1ccc(C(Nc2ccccc2F)C(=O)Cc2cccc3cnccc23)cc1. The van der Waals surface area contributed by atoms with E-state index < -0.39 is 6.04 Å². The molecule has 1 aromatic heterocycles. The summed E-state index contributed by atoms with van der Waals surface area (Å²) in [6, 6.07) is 21.3. The fourth-order valence-electron chi connectivity index (χ4n) is 3.48. The normalized spacial score (nSPS) is 11.9. The van der Waals surface area contributed by atoms with Crippen LogP contribution in [0.4, 0.5) is 10.1 Å². The first-order valence-electron chi connectivity index (χ1n) is 9.54. The number of hydrogen-bond donors (Lipinski definition) is 1. The van der Waals surface area contributed by atoms with Gasteiger partial charge in [-0.3, -0.25) is 9.78 Å². The molecule has 1 N–H and O–H groups in total. The highest BCUT2D eigenvalue weighted by atomic mass is 19.1. The predicted octanol–water partition coefficient (Wildman–Crippen LogP) is 5.65. The number of para-hydroxylation sites is 1. The van der Waals surface area contributed by atoms with Gasteiger partial charge in [0.05, 0.1) is 5.69 Å². The van der Waals surface area contributed by atoms with Crippen LogP contribution in [0.25, 0.3) is 10.8 Å². The molecule has 0 aliphatic rings. The number of aromatic nitrogens is 1. The number of pyridine rings is 1. The van der Waals surface area contributed by atoms with E-state index in [1.165, 1.54) is 6.07 Å². The van der Waals surface area contributed by atoms with E-state index in [0.717, 1.165) is 27.5 Å². The third-order valence-electron chi connectivity index (χ3n) is 5.04. The molecule has 4 heteroatoms. The second-order valence-corrected chi connectivity index (χ2v) is 7.12. The first-order valence-corrected chi connectivity index (χ1v) is 9.54. The molecule has 1 heterocycles. The van der Waals surface area contributed by atoms with Gasteiger partial charge in [0.15, 0.2) is 5.78 Å². The zero-order chi connectivity index (χ0) is 20.2. The topological polar surface area (TPSA) is 42.0 Å². The molecule has 3 aromatic carbocycles. The Bertz CT molecular complexity index is 1150. The van der Waals surface area contributed by atoms with Crippen LogP contribution in [0, 0.1) is 12.7 Å². The van der Waals surface area contributed by atoms with Crippen molar-refractivity contribution in [2.24, 2.45) is 0 Å². The van der Waals surface area contributed by atoms with Crippen molar-refractivity contribution in [2.75, 3.05) is 5.32 Å². The lowest BCUT2D eigenvalue weighted by Crippen LogP contribution is -2.23. The van der Waals surface area contributed by atoms with Gasteiger partial charge in [0.1, 0.15) is 11.9 Å². The number of Topliss-reactive ketones (excluding diaryl/α,β-unsaturated/α-hetero) is 1. The standard InChI is InChI=1S/C25H21FN2O/c1-17-9-11-18(12-10-17)25(28-23-8-3-2-7-22(23)26)24(29)15-19-5-4-6-20-16-27-14-13-21(19)20/h2-14,16,25,28H,15H2,1H3. The second-order valence-electron chi connectivity index (χ2n) is 7.12. The molecule has 4 aromatic rings. The quantitative estimate of drug-likeness (QED) is 0.467. The van der Waals surface area contributed by atoms with Gasteiger partial charge in [-0.15, -0.1) is 0 Å². The van der Waals surface area contributed by atoms with E-state index in [9.17, 15) is 9.18 Å². The lowest BCUT2D eigenvalue weighted by molar-refractivity contribution is -0.119. The lowest BCUT2D eigenvalue weighted by atomic mass is 9.94. The maximum atomic E-state index is 14.2. The van der Waals surface area contributed by atoms with E-state index in [2.05, 4.69) is 10.3 Å². The van der Waals surface area contributed by atoms with E-state index in [0.29, 0.717) is 5.69 Å². The van der Waals surface area contributed by atoms with Crippen molar-refractivity contribution in [1.82, 2.24) is 4.98 Å². The minimum absolute atomic E-state index is 0.0265. The van der Waals surface area contributed by atoms with E-state index in [-0.39, 0.29) is 18.0 Å². The first kappa shape index (κ1) is 18.8. The van der Waals surface area contributed by atoms with E-state index in [4.69, 9.17) is 0 Å². The lowest BCUT2D eigenvalue weighted by Gasteiger charge is -2.20. The summed E-state index contributed by atoms with van der Waals surface area (Å²) in [5.41, 5.74) is 3.16. The van der Waals surface area contributed by atoms with Gasteiger partial charge in [-0.2, -0.15) is 0 Å². The first-order chi connectivity index (χ1) is 14.1. The van der Waals surface area contributed by atoms with Crippen molar-refractivity contribution in [3.63, 3.8) is 0 Å². The molecule has 4 rings (SSSR count). The number of rotatable bonds is 6.